The smallest absolute Gasteiger partial charge is 0.265 e. The van der Waals surface area contributed by atoms with Gasteiger partial charge in [-0.2, -0.15) is 0 Å². The molecule has 2 N–H and O–H groups in total. The Balaban J connectivity index is 1.94. The summed E-state index contributed by atoms with van der Waals surface area (Å²) in [4.78, 5) is 12.9. The zero-order valence-electron chi connectivity index (χ0n) is 12.9. The van der Waals surface area contributed by atoms with E-state index in [2.05, 4.69) is 5.32 Å². The van der Waals surface area contributed by atoms with E-state index in [4.69, 9.17) is 9.47 Å². The van der Waals surface area contributed by atoms with Crippen molar-refractivity contribution in [2.45, 2.75) is 25.9 Å². The Kier molecular flexibility index (Phi) is 4.83. The van der Waals surface area contributed by atoms with Gasteiger partial charge in [0.1, 0.15) is 13.2 Å². The van der Waals surface area contributed by atoms with E-state index in [0.717, 1.165) is 6.42 Å². The number of carbonyl (C=O) groups is 1. The second-order valence-electron chi connectivity index (χ2n) is 5.32. The van der Waals surface area contributed by atoms with Crippen molar-refractivity contribution in [2.75, 3.05) is 18.5 Å². The lowest BCUT2D eigenvalue weighted by Gasteiger charge is -2.23. The second-order valence-corrected chi connectivity index (χ2v) is 6.27. The molecule has 1 amide bonds. The number of carbonyl (C=O) groups excluding carboxylic acids is 1. The summed E-state index contributed by atoms with van der Waals surface area (Å²) in [5.74, 6) is 1.00. The molecule has 23 heavy (non-hydrogen) atoms. The number of nitrogens with one attached hydrogen (secondary N) is 1. The Morgan fingerprint density at radius 2 is 2.09 bits per heavy atom. The first-order valence-electron chi connectivity index (χ1n) is 7.65. The van der Waals surface area contributed by atoms with Gasteiger partial charge in [-0.25, -0.2) is 0 Å². The lowest BCUT2D eigenvalue weighted by molar-refractivity contribution is 0.103. The lowest BCUT2D eigenvalue weighted by Crippen LogP contribution is -2.18. The van der Waals surface area contributed by atoms with Gasteiger partial charge in [0.15, 0.2) is 11.5 Å². The van der Waals surface area contributed by atoms with Crippen LogP contribution in [0.3, 0.4) is 0 Å². The third kappa shape index (κ3) is 3.48. The number of thiophene rings is 1. The average molecular weight is 333 g/mol. The van der Waals surface area contributed by atoms with Crippen LogP contribution in [-0.2, 0) is 0 Å². The van der Waals surface area contributed by atoms with Crippen molar-refractivity contribution < 1.29 is 19.4 Å². The van der Waals surface area contributed by atoms with Crippen molar-refractivity contribution in [2.24, 2.45) is 0 Å². The van der Waals surface area contributed by atoms with Crippen molar-refractivity contribution >= 4 is 22.9 Å². The minimum absolute atomic E-state index is 0.193. The normalized spacial score (nSPS) is 14.3. The summed E-state index contributed by atoms with van der Waals surface area (Å²) in [7, 11) is 0. The molecule has 1 aliphatic rings. The quantitative estimate of drug-likeness (QED) is 0.877. The zero-order chi connectivity index (χ0) is 16.2. The Morgan fingerprint density at radius 1 is 1.35 bits per heavy atom. The van der Waals surface area contributed by atoms with E-state index in [1.54, 1.807) is 18.2 Å². The standard InChI is InChI=1S/C17H19NO4S/c1-2-4-13(19)11-9-14-15(22-7-6-21-14)10-12(11)18-17(20)16-5-3-8-23-16/h3,5,8-10,13,19H,2,4,6-7H2,1H3,(H,18,20). The van der Waals surface area contributed by atoms with E-state index < -0.39 is 6.10 Å². The highest BCUT2D eigenvalue weighted by atomic mass is 32.1. The van der Waals surface area contributed by atoms with Crippen LogP contribution in [0.4, 0.5) is 5.69 Å². The molecular weight excluding hydrogens is 314 g/mol. The number of aliphatic hydroxyl groups excluding tert-OH is 1. The van der Waals surface area contributed by atoms with E-state index in [0.29, 0.717) is 47.3 Å². The third-order valence-electron chi connectivity index (χ3n) is 3.63. The minimum atomic E-state index is -0.658. The van der Waals surface area contributed by atoms with Crippen LogP contribution >= 0.6 is 11.3 Å². The summed E-state index contributed by atoms with van der Waals surface area (Å²) in [5, 5.41) is 15.1. The number of hydrogen-bond donors (Lipinski definition) is 2. The summed E-state index contributed by atoms with van der Waals surface area (Å²) in [6.45, 7) is 2.96. The van der Waals surface area contributed by atoms with Gasteiger partial charge in [-0.15, -0.1) is 11.3 Å². The number of anilines is 1. The maximum atomic E-state index is 12.3. The molecule has 5 nitrogen and oxygen atoms in total. The van der Waals surface area contributed by atoms with Gasteiger partial charge in [-0.1, -0.05) is 19.4 Å². The van der Waals surface area contributed by atoms with Gasteiger partial charge >= 0.3 is 0 Å². The molecular formula is C17H19NO4S. The van der Waals surface area contributed by atoms with Crippen LogP contribution < -0.4 is 14.8 Å². The molecule has 1 aromatic heterocycles. The monoisotopic (exact) mass is 333 g/mol. The first-order chi connectivity index (χ1) is 11.2. The Hall–Kier alpha value is -2.05. The highest BCUT2D eigenvalue weighted by Gasteiger charge is 2.21. The molecule has 0 spiro atoms. The summed E-state index contributed by atoms with van der Waals surface area (Å²) >= 11 is 1.37. The molecule has 0 bridgehead atoms. The first kappa shape index (κ1) is 15.8. The molecule has 1 aliphatic heterocycles. The van der Waals surface area contributed by atoms with E-state index in [1.165, 1.54) is 11.3 Å². The Bertz CT molecular complexity index is 684. The van der Waals surface area contributed by atoms with Crippen LogP contribution in [0.15, 0.2) is 29.6 Å². The Labute approximate surface area is 138 Å². The molecule has 122 valence electrons. The number of rotatable bonds is 5. The largest absolute Gasteiger partial charge is 0.486 e. The number of fused-ring (bicyclic) bond motifs is 1. The van der Waals surface area contributed by atoms with Crippen LogP contribution in [0.2, 0.25) is 0 Å². The fourth-order valence-corrected chi connectivity index (χ4v) is 3.13. The molecule has 2 heterocycles. The van der Waals surface area contributed by atoms with Gasteiger partial charge in [-0.3, -0.25) is 4.79 Å². The molecule has 1 aromatic carbocycles. The van der Waals surface area contributed by atoms with Gasteiger partial charge in [-0.05, 0) is 23.9 Å². The minimum Gasteiger partial charge on any atom is -0.486 e. The average Bonchev–Trinajstić information content (AvgIpc) is 3.09. The number of benzene rings is 1. The molecule has 0 saturated carbocycles. The first-order valence-corrected chi connectivity index (χ1v) is 8.53. The van der Waals surface area contributed by atoms with Crippen molar-refractivity contribution in [3.8, 4) is 11.5 Å². The van der Waals surface area contributed by atoms with Crippen LogP contribution in [0.25, 0.3) is 0 Å². The van der Waals surface area contributed by atoms with E-state index >= 15 is 0 Å². The summed E-state index contributed by atoms with van der Waals surface area (Å²) in [6.07, 6.45) is 0.796. The molecule has 3 rings (SSSR count). The predicted molar refractivity (Wildman–Crippen MR) is 89.6 cm³/mol. The van der Waals surface area contributed by atoms with Crippen LogP contribution in [0.1, 0.15) is 41.1 Å². The van der Waals surface area contributed by atoms with Gasteiger partial charge < -0.3 is 19.9 Å². The van der Waals surface area contributed by atoms with Crippen molar-refractivity contribution in [3.63, 3.8) is 0 Å². The number of aliphatic hydroxyl groups is 1. The van der Waals surface area contributed by atoms with E-state index in [1.807, 2.05) is 18.4 Å². The topological polar surface area (TPSA) is 67.8 Å². The van der Waals surface area contributed by atoms with Gasteiger partial charge in [0.05, 0.1) is 16.7 Å². The summed E-state index contributed by atoms with van der Waals surface area (Å²) in [6, 6.07) is 7.09. The van der Waals surface area contributed by atoms with E-state index in [-0.39, 0.29) is 5.91 Å². The molecule has 0 aliphatic carbocycles. The predicted octanol–water partition coefficient (Wildman–Crippen LogP) is 3.61. The SMILES string of the molecule is CCCC(O)c1cc2c(cc1NC(=O)c1cccs1)OCCO2. The van der Waals surface area contributed by atoms with Crippen LogP contribution in [0.5, 0.6) is 11.5 Å². The maximum absolute atomic E-state index is 12.3. The highest BCUT2D eigenvalue weighted by molar-refractivity contribution is 7.12. The van der Waals surface area contributed by atoms with Gasteiger partial charge in [0.2, 0.25) is 0 Å². The summed E-state index contributed by atoms with van der Waals surface area (Å²) < 4.78 is 11.2. The molecule has 0 saturated heterocycles. The van der Waals surface area contributed by atoms with Gasteiger partial charge in [0.25, 0.3) is 5.91 Å². The van der Waals surface area contributed by atoms with Crippen molar-refractivity contribution in [1.29, 1.82) is 0 Å². The van der Waals surface area contributed by atoms with Crippen molar-refractivity contribution in [3.05, 3.63) is 40.1 Å². The summed E-state index contributed by atoms with van der Waals surface area (Å²) in [5.41, 5.74) is 1.22. The molecule has 6 heteroatoms. The molecule has 1 unspecified atom stereocenters. The van der Waals surface area contributed by atoms with Crippen LogP contribution in [-0.4, -0.2) is 24.2 Å². The third-order valence-corrected chi connectivity index (χ3v) is 4.50. The Morgan fingerprint density at radius 3 is 2.74 bits per heavy atom. The van der Waals surface area contributed by atoms with Gasteiger partial charge in [0, 0.05) is 11.6 Å². The second kappa shape index (κ2) is 7.02. The van der Waals surface area contributed by atoms with Crippen molar-refractivity contribution in [1.82, 2.24) is 0 Å². The number of amides is 1. The van der Waals surface area contributed by atoms with E-state index in [9.17, 15) is 9.90 Å². The number of ether oxygens (including phenoxy) is 2. The fraction of sp³-hybridized carbons (Fsp3) is 0.353. The lowest BCUT2D eigenvalue weighted by atomic mass is 10.0. The fourth-order valence-electron chi connectivity index (χ4n) is 2.51. The highest BCUT2D eigenvalue weighted by Crippen LogP contribution is 2.39. The molecule has 2 aromatic rings. The maximum Gasteiger partial charge on any atom is 0.265 e. The molecule has 0 fully saturated rings. The number of hydrogen-bond acceptors (Lipinski definition) is 5. The molecule has 0 radical (unpaired) electrons. The van der Waals surface area contributed by atoms with Crippen LogP contribution in [0, 0.1) is 0 Å². The molecule has 1 atom stereocenters. The zero-order valence-corrected chi connectivity index (χ0v) is 13.7.